The predicted octanol–water partition coefficient (Wildman–Crippen LogP) is 3.11. The third-order valence-corrected chi connectivity index (χ3v) is 5.25. The summed E-state index contributed by atoms with van der Waals surface area (Å²) in [6.45, 7) is 11.2. The molecule has 0 aromatic carbocycles. The molecule has 20 heavy (non-hydrogen) atoms. The maximum Gasteiger partial charge on any atom is 0.577 e. The smallest absolute Gasteiger partial charge is 0.371 e. The number of rotatable bonds is 10. The highest BCUT2D eigenvalue weighted by atomic mass is 28.3. The van der Waals surface area contributed by atoms with Gasteiger partial charge in [0.1, 0.15) is 0 Å². The molecule has 4 nitrogen and oxygen atoms in total. The van der Waals surface area contributed by atoms with Crippen molar-refractivity contribution in [2.24, 2.45) is 0 Å². The van der Waals surface area contributed by atoms with E-state index in [0.29, 0.717) is 13.2 Å². The monoisotopic (exact) mass is 302 g/mol. The predicted molar refractivity (Wildman–Crippen MR) is 83.7 cm³/mol. The summed E-state index contributed by atoms with van der Waals surface area (Å²) in [4.78, 5) is 2.61. The Labute approximate surface area is 126 Å². The Morgan fingerprint density at radius 1 is 1.00 bits per heavy atom. The van der Waals surface area contributed by atoms with Gasteiger partial charge in [0.2, 0.25) is 0 Å². The molecule has 0 aliphatic carbocycles. The fourth-order valence-corrected chi connectivity index (χ4v) is 3.67. The quantitative estimate of drug-likeness (QED) is 0.580. The minimum Gasteiger partial charge on any atom is -0.371 e. The number of hydrogen-bond acceptors (Lipinski definition) is 4. The molecule has 5 heteroatoms. The van der Waals surface area contributed by atoms with Crippen molar-refractivity contribution in [1.82, 2.24) is 4.90 Å². The van der Waals surface area contributed by atoms with Gasteiger partial charge in [0.15, 0.2) is 0 Å². The molecule has 1 fully saturated rings. The van der Waals surface area contributed by atoms with Gasteiger partial charge in [-0.15, -0.1) is 0 Å². The molecule has 1 radical (unpaired) electrons. The Bertz CT molecular complexity index is 217. The van der Waals surface area contributed by atoms with E-state index >= 15 is 0 Å². The molecule has 0 aromatic rings. The Kier molecular flexibility index (Phi) is 10.6. The van der Waals surface area contributed by atoms with E-state index in [1.165, 1.54) is 51.7 Å². The van der Waals surface area contributed by atoms with Crippen molar-refractivity contribution in [2.75, 3.05) is 32.8 Å². The second-order valence-corrected chi connectivity index (χ2v) is 6.76. The van der Waals surface area contributed by atoms with Gasteiger partial charge < -0.3 is 18.2 Å². The van der Waals surface area contributed by atoms with E-state index in [-0.39, 0.29) is 6.10 Å². The van der Waals surface area contributed by atoms with Crippen LogP contribution in [-0.2, 0) is 13.3 Å². The van der Waals surface area contributed by atoms with Gasteiger partial charge in [0, 0.05) is 19.3 Å². The Balaban J connectivity index is 2.12. The highest BCUT2D eigenvalue weighted by Crippen LogP contribution is 2.12. The lowest BCUT2D eigenvalue weighted by Crippen LogP contribution is -2.32. The van der Waals surface area contributed by atoms with Gasteiger partial charge in [-0.25, -0.2) is 0 Å². The maximum absolute atomic E-state index is 5.88. The van der Waals surface area contributed by atoms with Crippen LogP contribution in [0.2, 0.25) is 0 Å². The zero-order valence-electron chi connectivity index (χ0n) is 13.5. The minimum atomic E-state index is -1.52. The first-order valence-electron chi connectivity index (χ1n) is 8.27. The first-order valence-corrected chi connectivity index (χ1v) is 9.50. The van der Waals surface area contributed by atoms with E-state index in [1.807, 2.05) is 13.8 Å². The van der Waals surface area contributed by atoms with Crippen molar-refractivity contribution < 1.29 is 13.3 Å². The Morgan fingerprint density at radius 2 is 1.60 bits per heavy atom. The van der Waals surface area contributed by atoms with Gasteiger partial charge in [-0.3, -0.25) is 0 Å². The average molecular weight is 303 g/mol. The number of hydrogen-bond donors (Lipinski definition) is 0. The molecule has 119 valence electrons. The number of likely N-dealkylation sites (tertiary alicyclic amines) is 1. The molecule has 1 rings (SSSR count). The van der Waals surface area contributed by atoms with Gasteiger partial charge in [0.25, 0.3) is 0 Å². The largest absolute Gasteiger partial charge is 0.577 e. The summed E-state index contributed by atoms with van der Waals surface area (Å²) in [5, 5.41) is 0. The summed E-state index contributed by atoms with van der Waals surface area (Å²) in [5.41, 5.74) is 0. The van der Waals surface area contributed by atoms with E-state index in [9.17, 15) is 0 Å². The number of nitrogens with zero attached hydrogens (tertiary/aromatic N) is 1. The lowest BCUT2D eigenvalue weighted by atomic mass is 10.2. The van der Waals surface area contributed by atoms with Crippen LogP contribution in [0.1, 0.15) is 59.3 Å². The van der Waals surface area contributed by atoms with Crippen molar-refractivity contribution in [3.05, 3.63) is 0 Å². The van der Waals surface area contributed by atoms with Crippen molar-refractivity contribution in [3.63, 3.8) is 0 Å². The van der Waals surface area contributed by atoms with Gasteiger partial charge in [-0.2, -0.15) is 0 Å². The first-order chi connectivity index (χ1) is 9.76. The van der Waals surface area contributed by atoms with Gasteiger partial charge >= 0.3 is 9.53 Å². The average Bonchev–Trinajstić information content (AvgIpc) is 2.68. The van der Waals surface area contributed by atoms with Crippen LogP contribution in [0.15, 0.2) is 0 Å². The third-order valence-electron chi connectivity index (χ3n) is 3.61. The molecule has 1 unspecified atom stereocenters. The van der Waals surface area contributed by atoms with E-state index < -0.39 is 9.53 Å². The summed E-state index contributed by atoms with van der Waals surface area (Å²) in [5.74, 6) is 0. The molecule has 0 spiro atoms. The molecule has 0 amide bonds. The summed E-state index contributed by atoms with van der Waals surface area (Å²) in [6, 6.07) is 0. The third kappa shape index (κ3) is 8.37. The molecule has 1 atom stereocenters. The van der Waals surface area contributed by atoms with Crippen molar-refractivity contribution in [1.29, 1.82) is 0 Å². The van der Waals surface area contributed by atoms with Crippen LogP contribution in [-0.4, -0.2) is 53.4 Å². The van der Waals surface area contributed by atoms with Crippen LogP contribution in [0.5, 0.6) is 0 Å². The molecular weight excluding hydrogens is 270 g/mol. The second-order valence-electron chi connectivity index (χ2n) is 5.44. The minimum absolute atomic E-state index is 0.231. The Hall–Kier alpha value is 0.0569. The highest BCUT2D eigenvalue weighted by Gasteiger charge is 2.21. The fourth-order valence-electron chi connectivity index (χ4n) is 2.53. The van der Waals surface area contributed by atoms with Gasteiger partial charge in [0.05, 0.1) is 0 Å². The fraction of sp³-hybridized carbons (Fsp3) is 1.00. The summed E-state index contributed by atoms with van der Waals surface area (Å²) in [6.07, 6.45) is 8.07. The van der Waals surface area contributed by atoms with Crippen LogP contribution in [0.4, 0.5) is 0 Å². The van der Waals surface area contributed by atoms with E-state index in [0.717, 1.165) is 6.42 Å². The normalized spacial score (nSPS) is 19.2. The van der Waals surface area contributed by atoms with Gasteiger partial charge in [-0.1, -0.05) is 12.8 Å². The molecule has 0 aromatic heterocycles. The molecule has 1 aliphatic rings. The van der Waals surface area contributed by atoms with Crippen LogP contribution in [0.25, 0.3) is 0 Å². The Morgan fingerprint density at radius 3 is 2.15 bits per heavy atom. The molecule has 0 bridgehead atoms. The van der Waals surface area contributed by atoms with Crippen LogP contribution in [0.3, 0.4) is 0 Å². The van der Waals surface area contributed by atoms with Crippen molar-refractivity contribution in [2.45, 2.75) is 65.4 Å². The lowest BCUT2D eigenvalue weighted by molar-refractivity contribution is 0.0648. The van der Waals surface area contributed by atoms with Crippen molar-refractivity contribution in [3.8, 4) is 0 Å². The maximum atomic E-state index is 5.88. The highest BCUT2D eigenvalue weighted by molar-refractivity contribution is 6.36. The van der Waals surface area contributed by atoms with Crippen LogP contribution in [0, 0.1) is 0 Å². The van der Waals surface area contributed by atoms with Crippen molar-refractivity contribution >= 4 is 9.53 Å². The molecular formula is C15H32NO3Si. The zero-order chi connectivity index (χ0) is 14.6. The summed E-state index contributed by atoms with van der Waals surface area (Å²) < 4.78 is 16.9. The lowest BCUT2D eigenvalue weighted by Gasteiger charge is -2.22. The molecule has 0 saturated carbocycles. The molecule has 1 saturated heterocycles. The zero-order valence-corrected chi connectivity index (χ0v) is 14.5. The van der Waals surface area contributed by atoms with Crippen LogP contribution < -0.4 is 0 Å². The molecule has 0 N–H and O–H groups in total. The van der Waals surface area contributed by atoms with Crippen LogP contribution >= 0.6 is 0 Å². The SMILES string of the molecule is CCO[Si](OCC)OC(C)CCCN1CCCCCC1. The summed E-state index contributed by atoms with van der Waals surface area (Å²) >= 11 is 0. The van der Waals surface area contributed by atoms with Gasteiger partial charge in [-0.05, 0) is 66.1 Å². The topological polar surface area (TPSA) is 30.9 Å². The standard InChI is InChI=1S/C15H32NO3Si/c1-4-17-20(18-5-2)19-15(3)11-10-14-16-12-8-6-7-9-13-16/h15H,4-14H2,1-3H3. The second kappa shape index (κ2) is 11.7. The van der Waals surface area contributed by atoms with E-state index in [2.05, 4.69) is 11.8 Å². The first kappa shape index (κ1) is 18.1. The van der Waals surface area contributed by atoms with E-state index in [1.54, 1.807) is 0 Å². The molecule has 1 aliphatic heterocycles. The summed E-state index contributed by atoms with van der Waals surface area (Å²) in [7, 11) is -1.52. The van der Waals surface area contributed by atoms with E-state index in [4.69, 9.17) is 13.3 Å². The molecule has 1 heterocycles.